The van der Waals surface area contributed by atoms with E-state index in [0.717, 1.165) is 25.7 Å². The number of benzene rings is 2. The van der Waals surface area contributed by atoms with Crippen LogP contribution < -0.4 is 11.2 Å². The van der Waals surface area contributed by atoms with Gasteiger partial charge in [-0.25, -0.2) is 0 Å². The van der Waals surface area contributed by atoms with Crippen molar-refractivity contribution >= 4 is 31.5 Å². The first kappa shape index (κ1) is 12.3. The van der Waals surface area contributed by atoms with Gasteiger partial charge in [0.05, 0.1) is 0 Å². The van der Waals surface area contributed by atoms with Gasteiger partial charge in [-0.05, 0) is 43.7 Å². The number of nitrogens with two attached hydrogens (primary N) is 1. The molecule has 0 saturated carbocycles. The van der Waals surface area contributed by atoms with Gasteiger partial charge >= 0.3 is 0 Å². The molecule has 0 atom stereocenters. The Morgan fingerprint density at radius 3 is 2.42 bits per heavy atom. The van der Waals surface area contributed by atoms with Crippen LogP contribution in [0.25, 0.3) is 20.2 Å². The zero-order chi connectivity index (χ0) is 13.6. The van der Waals surface area contributed by atoms with Crippen LogP contribution in [0.4, 0.5) is 0 Å². The monoisotopic (exact) mass is 269 g/mol. The highest BCUT2D eigenvalue weighted by Crippen LogP contribution is 2.27. The number of rotatable bonds is 1. The molecule has 0 aliphatic rings. The molecule has 96 valence electrons. The summed E-state index contributed by atoms with van der Waals surface area (Å²) in [6, 6.07) is 13.6. The van der Waals surface area contributed by atoms with E-state index in [9.17, 15) is 4.79 Å². The Labute approximate surface area is 115 Å². The molecule has 3 aromatic rings. The Kier molecular flexibility index (Phi) is 2.69. The maximum atomic E-state index is 12.4. The number of fused-ring (bicyclic) bond motifs is 2. The molecule has 19 heavy (non-hydrogen) atoms. The van der Waals surface area contributed by atoms with E-state index in [2.05, 4.69) is 0 Å². The highest BCUT2D eigenvalue weighted by molar-refractivity contribution is 7.24. The van der Waals surface area contributed by atoms with Crippen molar-refractivity contribution in [3.8, 4) is 0 Å². The van der Waals surface area contributed by atoms with E-state index in [1.165, 1.54) is 0 Å². The van der Waals surface area contributed by atoms with E-state index in [1.807, 2.05) is 56.3 Å². The summed E-state index contributed by atoms with van der Waals surface area (Å²) >= 11 is 1.64. The first-order chi connectivity index (χ1) is 8.97. The lowest BCUT2D eigenvalue weighted by Crippen LogP contribution is -2.28. The van der Waals surface area contributed by atoms with Crippen molar-refractivity contribution in [3.63, 3.8) is 0 Å². The van der Waals surface area contributed by atoms with Gasteiger partial charge in [-0.1, -0.05) is 18.2 Å². The van der Waals surface area contributed by atoms with Crippen LogP contribution in [0.5, 0.6) is 0 Å². The van der Waals surface area contributed by atoms with Gasteiger partial charge in [0.25, 0.3) is 0 Å². The van der Waals surface area contributed by atoms with Crippen molar-refractivity contribution in [2.24, 2.45) is 5.73 Å². The summed E-state index contributed by atoms with van der Waals surface area (Å²) in [7, 11) is 0. The molecule has 2 nitrogen and oxygen atoms in total. The standard InChI is InChI=1S/C16H15NOS/c1-16(2,17)10-7-8-12-14(9-10)19-13-6-4-3-5-11(13)15(12)18/h3-9H,17H2,1-2H3. The largest absolute Gasteiger partial charge is 0.322 e. The van der Waals surface area contributed by atoms with Crippen molar-refractivity contribution in [1.29, 1.82) is 0 Å². The molecule has 0 saturated heterocycles. The average molecular weight is 269 g/mol. The van der Waals surface area contributed by atoms with E-state index in [0.29, 0.717) is 0 Å². The van der Waals surface area contributed by atoms with Crippen LogP contribution >= 0.6 is 11.3 Å². The SMILES string of the molecule is CC(C)(N)c1ccc2c(=O)c3ccccc3sc2c1. The lowest BCUT2D eigenvalue weighted by Gasteiger charge is -2.19. The van der Waals surface area contributed by atoms with Gasteiger partial charge in [0, 0.05) is 25.7 Å². The normalized spacial score (nSPS) is 12.2. The topological polar surface area (TPSA) is 43.1 Å². The van der Waals surface area contributed by atoms with Gasteiger partial charge < -0.3 is 5.73 Å². The minimum absolute atomic E-state index is 0.103. The summed E-state index contributed by atoms with van der Waals surface area (Å²) in [6.07, 6.45) is 0. The molecule has 0 radical (unpaired) electrons. The average Bonchev–Trinajstić information content (AvgIpc) is 2.37. The lowest BCUT2D eigenvalue weighted by atomic mass is 9.95. The molecule has 0 fully saturated rings. The highest BCUT2D eigenvalue weighted by atomic mass is 32.1. The number of hydrogen-bond donors (Lipinski definition) is 1. The summed E-state index contributed by atoms with van der Waals surface area (Å²) in [5.74, 6) is 0. The summed E-state index contributed by atoms with van der Waals surface area (Å²) in [5, 5.41) is 1.57. The maximum absolute atomic E-state index is 12.4. The van der Waals surface area contributed by atoms with Crippen LogP contribution in [-0.4, -0.2) is 0 Å². The minimum Gasteiger partial charge on any atom is -0.322 e. The molecule has 0 unspecified atom stereocenters. The summed E-state index contributed by atoms with van der Waals surface area (Å²) in [6.45, 7) is 3.94. The fourth-order valence-electron chi connectivity index (χ4n) is 2.20. The van der Waals surface area contributed by atoms with Crippen LogP contribution in [0.3, 0.4) is 0 Å². The molecular weight excluding hydrogens is 254 g/mol. The van der Waals surface area contributed by atoms with Gasteiger partial charge in [-0.2, -0.15) is 0 Å². The quantitative estimate of drug-likeness (QED) is 0.686. The van der Waals surface area contributed by atoms with Gasteiger partial charge in [-0.3, -0.25) is 4.79 Å². The molecule has 3 heteroatoms. The molecule has 3 rings (SSSR count). The predicted octanol–water partition coefficient (Wildman–Crippen LogP) is 3.61. The third kappa shape index (κ3) is 2.05. The molecule has 1 heterocycles. The molecule has 0 aliphatic carbocycles. The molecule has 1 aromatic heterocycles. The van der Waals surface area contributed by atoms with E-state index in [1.54, 1.807) is 11.3 Å². The van der Waals surface area contributed by atoms with Gasteiger partial charge in [0.2, 0.25) is 0 Å². The molecule has 0 bridgehead atoms. The Balaban J connectivity index is 2.42. The van der Waals surface area contributed by atoms with Gasteiger partial charge in [-0.15, -0.1) is 11.3 Å². The molecule has 2 N–H and O–H groups in total. The lowest BCUT2D eigenvalue weighted by molar-refractivity contribution is 0.555. The van der Waals surface area contributed by atoms with Crippen LogP contribution in [0.2, 0.25) is 0 Å². The smallest absolute Gasteiger partial charge is 0.195 e. The summed E-state index contributed by atoms with van der Waals surface area (Å²) in [5.41, 5.74) is 6.88. The third-order valence-electron chi connectivity index (χ3n) is 3.32. The van der Waals surface area contributed by atoms with Crippen molar-refractivity contribution in [2.75, 3.05) is 0 Å². The Hall–Kier alpha value is -1.71. The Bertz CT molecular complexity index is 827. The maximum Gasteiger partial charge on any atom is 0.195 e. The third-order valence-corrected chi connectivity index (χ3v) is 4.46. The van der Waals surface area contributed by atoms with Crippen LogP contribution in [0.15, 0.2) is 47.3 Å². The minimum atomic E-state index is -0.393. The summed E-state index contributed by atoms with van der Waals surface area (Å²) in [4.78, 5) is 12.4. The second-order valence-electron chi connectivity index (χ2n) is 5.36. The Morgan fingerprint density at radius 2 is 1.68 bits per heavy atom. The highest BCUT2D eigenvalue weighted by Gasteiger charge is 2.15. The van der Waals surface area contributed by atoms with Crippen molar-refractivity contribution < 1.29 is 0 Å². The van der Waals surface area contributed by atoms with Crippen molar-refractivity contribution in [3.05, 3.63) is 58.3 Å². The second kappa shape index (κ2) is 4.15. The Morgan fingerprint density at radius 1 is 1.00 bits per heavy atom. The van der Waals surface area contributed by atoms with Crippen LogP contribution in [0, 0.1) is 0 Å². The van der Waals surface area contributed by atoms with Crippen LogP contribution in [-0.2, 0) is 5.54 Å². The zero-order valence-electron chi connectivity index (χ0n) is 10.9. The molecule has 0 spiro atoms. The summed E-state index contributed by atoms with van der Waals surface area (Å²) < 4.78 is 2.02. The van der Waals surface area contributed by atoms with E-state index in [-0.39, 0.29) is 5.43 Å². The van der Waals surface area contributed by atoms with Gasteiger partial charge in [0.15, 0.2) is 5.43 Å². The fraction of sp³-hybridized carbons (Fsp3) is 0.188. The fourth-order valence-corrected chi connectivity index (χ4v) is 3.31. The predicted molar refractivity (Wildman–Crippen MR) is 82.8 cm³/mol. The van der Waals surface area contributed by atoms with Crippen molar-refractivity contribution in [1.82, 2.24) is 0 Å². The number of hydrogen-bond acceptors (Lipinski definition) is 3. The molecule has 0 aliphatic heterocycles. The first-order valence-corrected chi connectivity index (χ1v) is 7.03. The second-order valence-corrected chi connectivity index (χ2v) is 6.44. The van der Waals surface area contributed by atoms with E-state index in [4.69, 9.17) is 5.73 Å². The van der Waals surface area contributed by atoms with Gasteiger partial charge in [0.1, 0.15) is 0 Å². The zero-order valence-corrected chi connectivity index (χ0v) is 11.8. The first-order valence-electron chi connectivity index (χ1n) is 6.22. The van der Waals surface area contributed by atoms with E-state index < -0.39 is 5.54 Å². The molecule has 0 amide bonds. The van der Waals surface area contributed by atoms with Crippen LogP contribution in [0.1, 0.15) is 19.4 Å². The van der Waals surface area contributed by atoms with Crippen molar-refractivity contribution in [2.45, 2.75) is 19.4 Å². The molecular formula is C16H15NOS. The van der Waals surface area contributed by atoms with E-state index >= 15 is 0 Å². The molecule has 2 aromatic carbocycles.